The molecule has 1 atom stereocenters. The maximum Gasteiger partial charge on any atom is 0.159 e. The fraction of sp³-hybridized carbons (Fsp3) is 0.357. The standard InChI is InChI=1S/C14H16BrF2N3O/c1-21-5-4-20-14(10(15)8-19-20)13(18)7-9-2-3-11(16)12(17)6-9/h2-3,6,8,13H,4-5,7,18H2,1H3. The van der Waals surface area contributed by atoms with Gasteiger partial charge in [0, 0.05) is 7.11 Å². The van der Waals surface area contributed by atoms with Gasteiger partial charge in [-0.25, -0.2) is 8.78 Å². The van der Waals surface area contributed by atoms with Gasteiger partial charge in [-0.05, 0) is 40.0 Å². The zero-order valence-corrected chi connectivity index (χ0v) is 13.1. The Morgan fingerprint density at radius 3 is 2.81 bits per heavy atom. The maximum atomic E-state index is 13.2. The van der Waals surface area contributed by atoms with Crippen molar-refractivity contribution in [1.29, 1.82) is 0 Å². The van der Waals surface area contributed by atoms with Crippen LogP contribution in [0.4, 0.5) is 8.78 Å². The molecule has 0 fully saturated rings. The highest BCUT2D eigenvalue weighted by atomic mass is 79.9. The summed E-state index contributed by atoms with van der Waals surface area (Å²) in [6.45, 7) is 1.09. The Hall–Kier alpha value is -1.31. The van der Waals surface area contributed by atoms with Gasteiger partial charge >= 0.3 is 0 Å². The molecule has 114 valence electrons. The predicted molar refractivity (Wildman–Crippen MR) is 78.8 cm³/mol. The average Bonchev–Trinajstić information content (AvgIpc) is 2.81. The second kappa shape index (κ2) is 7.11. The van der Waals surface area contributed by atoms with Gasteiger partial charge in [0.1, 0.15) is 0 Å². The van der Waals surface area contributed by atoms with Crippen molar-refractivity contribution in [3.8, 4) is 0 Å². The lowest BCUT2D eigenvalue weighted by molar-refractivity contribution is 0.182. The van der Waals surface area contributed by atoms with E-state index in [9.17, 15) is 8.78 Å². The summed E-state index contributed by atoms with van der Waals surface area (Å²) in [4.78, 5) is 0. The van der Waals surface area contributed by atoms with Crippen LogP contribution in [0.2, 0.25) is 0 Å². The van der Waals surface area contributed by atoms with Crippen molar-refractivity contribution in [2.75, 3.05) is 13.7 Å². The molecule has 21 heavy (non-hydrogen) atoms. The van der Waals surface area contributed by atoms with E-state index in [4.69, 9.17) is 10.5 Å². The Labute approximate surface area is 130 Å². The second-order valence-electron chi connectivity index (χ2n) is 4.65. The number of nitrogens with zero attached hydrogens (tertiary/aromatic N) is 2. The summed E-state index contributed by atoms with van der Waals surface area (Å²) in [5, 5.41) is 4.22. The van der Waals surface area contributed by atoms with E-state index in [-0.39, 0.29) is 6.04 Å². The molecular formula is C14H16BrF2N3O. The highest BCUT2D eigenvalue weighted by molar-refractivity contribution is 9.10. The van der Waals surface area contributed by atoms with Crippen molar-refractivity contribution in [2.45, 2.75) is 19.0 Å². The van der Waals surface area contributed by atoms with Crippen molar-refractivity contribution in [1.82, 2.24) is 9.78 Å². The molecule has 7 heteroatoms. The molecule has 1 heterocycles. The van der Waals surface area contributed by atoms with Crippen LogP contribution in [0.15, 0.2) is 28.9 Å². The van der Waals surface area contributed by atoms with E-state index in [1.807, 2.05) is 0 Å². The van der Waals surface area contributed by atoms with Gasteiger partial charge in [0.25, 0.3) is 0 Å². The van der Waals surface area contributed by atoms with E-state index in [1.54, 1.807) is 18.0 Å². The zero-order valence-electron chi connectivity index (χ0n) is 11.5. The molecule has 0 aliphatic rings. The summed E-state index contributed by atoms with van der Waals surface area (Å²) in [5.74, 6) is -1.73. The van der Waals surface area contributed by atoms with Crippen molar-refractivity contribution in [3.05, 3.63) is 51.8 Å². The van der Waals surface area contributed by atoms with E-state index in [1.165, 1.54) is 12.1 Å². The average molecular weight is 360 g/mol. The summed E-state index contributed by atoms with van der Waals surface area (Å²) in [5.41, 5.74) is 7.62. The first-order valence-electron chi connectivity index (χ1n) is 6.42. The number of hydrogen-bond acceptors (Lipinski definition) is 3. The summed E-state index contributed by atoms with van der Waals surface area (Å²) >= 11 is 3.41. The van der Waals surface area contributed by atoms with Crippen LogP contribution in [0, 0.1) is 11.6 Å². The van der Waals surface area contributed by atoms with Crippen molar-refractivity contribution in [2.24, 2.45) is 5.73 Å². The SMILES string of the molecule is COCCn1ncc(Br)c1C(N)Cc1ccc(F)c(F)c1. The van der Waals surface area contributed by atoms with Crippen LogP contribution in [0.3, 0.4) is 0 Å². The van der Waals surface area contributed by atoms with Crippen molar-refractivity contribution >= 4 is 15.9 Å². The minimum Gasteiger partial charge on any atom is -0.383 e. The largest absolute Gasteiger partial charge is 0.383 e. The van der Waals surface area contributed by atoms with E-state index >= 15 is 0 Å². The molecule has 2 N–H and O–H groups in total. The van der Waals surface area contributed by atoms with Crippen LogP contribution in [-0.4, -0.2) is 23.5 Å². The van der Waals surface area contributed by atoms with Crippen molar-refractivity contribution in [3.63, 3.8) is 0 Å². The molecule has 1 unspecified atom stereocenters. The lowest BCUT2D eigenvalue weighted by atomic mass is 10.0. The van der Waals surface area contributed by atoms with Crippen molar-refractivity contribution < 1.29 is 13.5 Å². The van der Waals surface area contributed by atoms with Crippen LogP contribution in [0.1, 0.15) is 17.3 Å². The molecule has 0 radical (unpaired) electrons. The van der Waals surface area contributed by atoms with E-state index < -0.39 is 11.6 Å². The van der Waals surface area contributed by atoms with Gasteiger partial charge in [0.05, 0.1) is 35.6 Å². The number of benzene rings is 1. The summed E-state index contributed by atoms with van der Waals surface area (Å²) in [6.07, 6.45) is 2.05. The number of methoxy groups -OCH3 is 1. The summed E-state index contributed by atoms with van der Waals surface area (Å²) in [7, 11) is 1.61. The maximum absolute atomic E-state index is 13.2. The third-order valence-corrected chi connectivity index (χ3v) is 3.74. The molecule has 4 nitrogen and oxygen atoms in total. The van der Waals surface area contributed by atoms with Crippen LogP contribution < -0.4 is 5.73 Å². The smallest absolute Gasteiger partial charge is 0.159 e. The summed E-state index contributed by atoms with van der Waals surface area (Å²) in [6, 6.07) is 3.42. The molecular weight excluding hydrogens is 344 g/mol. The monoisotopic (exact) mass is 359 g/mol. The molecule has 0 spiro atoms. The Morgan fingerprint density at radius 2 is 2.14 bits per heavy atom. The molecule has 0 amide bonds. The Morgan fingerprint density at radius 1 is 1.38 bits per heavy atom. The third kappa shape index (κ3) is 3.87. The first kappa shape index (κ1) is 16.1. The molecule has 2 aromatic rings. The number of hydrogen-bond donors (Lipinski definition) is 1. The molecule has 0 saturated heterocycles. The number of rotatable bonds is 6. The number of nitrogens with two attached hydrogens (primary N) is 1. The van der Waals surface area contributed by atoms with Gasteiger partial charge in [-0.3, -0.25) is 4.68 Å². The van der Waals surface area contributed by atoms with Gasteiger partial charge in [0.2, 0.25) is 0 Å². The molecule has 2 rings (SSSR count). The lowest BCUT2D eigenvalue weighted by Crippen LogP contribution is -2.20. The van der Waals surface area contributed by atoms with Gasteiger partial charge < -0.3 is 10.5 Å². The molecule has 0 saturated carbocycles. The minimum atomic E-state index is -0.869. The van der Waals surface area contributed by atoms with Gasteiger partial charge in [-0.15, -0.1) is 0 Å². The Kier molecular flexibility index (Phi) is 5.44. The van der Waals surface area contributed by atoms with Crippen LogP contribution in [-0.2, 0) is 17.7 Å². The van der Waals surface area contributed by atoms with Gasteiger partial charge in [-0.1, -0.05) is 6.07 Å². The number of aromatic nitrogens is 2. The van der Waals surface area contributed by atoms with E-state index in [0.717, 1.165) is 16.2 Å². The van der Waals surface area contributed by atoms with Crippen LogP contribution in [0.5, 0.6) is 0 Å². The van der Waals surface area contributed by atoms with Gasteiger partial charge in [0.15, 0.2) is 11.6 Å². The first-order valence-corrected chi connectivity index (χ1v) is 7.22. The molecule has 1 aromatic heterocycles. The van der Waals surface area contributed by atoms with Crippen LogP contribution in [0.25, 0.3) is 0 Å². The Balaban J connectivity index is 2.17. The number of halogens is 3. The zero-order chi connectivity index (χ0) is 15.4. The highest BCUT2D eigenvalue weighted by Gasteiger charge is 2.17. The third-order valence-electron chi connectivity index (χ3n) is 3.13. The molecule has 0 bridgehead atoms. The topological polar surface area (TPSA) is 53.1 Å². The van der Waals surface area contributed by atoms with E-state index in [2.05, 4.69) is 21.0 Å². The molecule has 1 aromatic carbocycles. The number of ether oxygens (including phenoxy) is 1. The van der Waals surface area contributed by atoms with Crippen LogP contribution >= 0.6 is 15.9 Å². The molecule has 0 aliphatic carbocycles. The Bertz CT molecular complexity index is 618. The quantitative estimate of drug-likeness (QED) is 0.862. The summed E-state index contributed by atoms with van der Waals surface area (Å²) < 4.78 is 33.7. The first-order chi connectivity index (χ1) is 10.0. The minimum absolute atomic E-state index is 0.383. The second-order valence-corrected chi connectivity index (χ2v) is 5.51. The normalized spacial score (nSPS) is 12.6. The lowest BCUT2D eigenvalue weighted by Gasteiger charge is -2.15. The highest BCUT2D eigenvalue weighted by Crippen LogP contribution is 2.25. The fourth-order valence-corrected chi connectivity index (χ4v) is 2.70. The van der Waals surface area contributed by atoms with E-state index in [0.29, 0.717) is 25.1 Å². The molecule has 0 aliphatic heterocycles. The predicted octanol–water partition coefficient (Wildman–Crippen LogP) is 2.81. The van der Waals surface area contributed by atoms with Gasteiger partial charge in [-0.2, -0.15) is 5.10 Å². The fourth-order valence-electron chi connectivity index (χ4n) is 2.11.